The van der Waals surface area contributed by atoms with Gasteiger partial charge >= 0.3 is 0 Å². The largest absolute Gasteiger partial charge is 0.495 e. The molecule has 0 aliphatic rings. The Morgan fingerprint density at radius 3 is 1.71 bits per heavy atom. The first kappa shape index (κ1) is 12.9. The first-order valence-electron chi connectivity index (χ1n) is 4.36. The van der Waals surface area contributed by atoms with Gasteiger partial charge in [0, 0.05) is 17.8 Å². The van der Waals surface area contributed by atoms with Crippen molar-refractivity contribution in [3.05, 3.63) is 17.2 Å². The van der Waals surface area contributed by atoms with E-state index in [1.165, 1.54) is 14.2 Å². The van der Waals surface area contributed by atoms with Crippen LogP contribution >= 0.6 is 11.6 Å². The van der Waals surface area contributed by atoms with E-state index in [2.05, 4.69) is 0 Å². The van der Waals surface area contributed by atoms with Crippen molar-refractivity contribution in [2.75, 3.05) is 20.0 Å². The molecule has 1 rings (SSSR count). The van der Waals surface area contributed by atoms with E-state index in [-0.39, 0.29) is 0 Å². The smallest absolute Gasteiger partial charge is 0.143 e. The van der Waals surface area contributed by atoms with Gasteiger partial charge in [0.15, 0.2) is 0 Å². The summed E-state index contributed by atoms with van der Waals surface area (Å²) in [6.07, 6.45) is 0. The lowest BCUT2D eigenvalue weighted by molar-refractivity contribution is 0.395. The van der Waals surface area contributed by atoms with Crippen LogP contribution in [0.4, 0.5) is 5.69 Å². The van der Waals surface area contributed by atoms with Crippen molar-refractivity contribution in [1.82, 2.24) is 0 Å². The van der Waals surface area contributed by atoms with Crippen molar-refractivity contribution in [2.45, 2.75) is 13.8 Å². The number of ether oxygens (including phenoxy) is 2. The SMILES string of the molecule is CC.COc1cc(N)cc(OC)c1Cl. The van der Waals surface area contributed by atoms with Crippen LogP contribution in [0.3, 0.4) is 0 Å². The van der Waals surface area contributed by atoms with Crippen molar-refractivity contribution >= 4 is 17.3 Å². The molecule has 0 saturated heterocycles. The van der Waals surface area contributed by atoms with Crippen molar-refractivity contribution in [3.63, 3.8) is 0 Å². The summed E-state index contributed by atoms with van der Waals surface area (Å²) in [7, 11) is 3.06. The van der Waals surface area contributed by atoms with E-state index in [0.29, 0.717) is 22.2 Å². The number of halogens is 1. The molecule has 1 aromatic carbocycles. The molecule has 0 amide bonds. The Morgan fingerprint density at radius 2 is 1.43 bits per heavy atom. The number of rotatable bonds is 2. The van der Waals surface area contributed by atoms with Gasteiger partial charge in [-0.15, -0.1) is 0 Å². The van der Waals surface area contributed by atoms with Gasteiger partial charge in [0.1, 0.15) is 16.5 Å². The summed E-state index contributed by atoms with van der Waals surface area (Å²) < 4.78 is 9.95. The van der Waals surface area contributed by atoms with Crippen LogP contribution in [0.2, 0.25) is 5.02 Å². The molecule has 3 nitrogen and oxygen atoms in total. The minimum absolute atomic E-state index is 0.439. The van der Waals surface area contributed by atoms with Crippen molar-refractivity contribution < 1.29 is 9.47 Å². The zero-order valence-electron chi connectivity index (χ0n) is 8.93. The molecule has 0 aliphatic heterocycles. The summed E-state index contributed by atoms with van der Waals surface area (Å²) in [5.41, 5.74) is 6.12. The molecule has 4 heteroatoms. The Balaban J connectivity index is 0.000000791. The third kappa shape index (κ3) is 3.00. The topological polar surface area (TPSA) is 44.5 Å². The molecule has 80 valence electrons. The van der Waals surface area contributed by atoms with Gasteiger partial charge in [-0.05, 0) is 0 Å². The molecule has 0 atom stereocenters. The highest BCUT2D eigenvalue weighted by molar-refractivity contribution is 6.33. The van der Waals surface area contributed by atoms with Gasteiger partial charge in [0.25, 0.3) is 0 Å². The third-order valence-corrected chi connectivity index (χ3v) is 1.84. The van der Waals surface area contributed by atoms with Crippen molar-refractivity contribution in [3.8, 4) is 11.5 Å². The van der Waals surface area contributed by atoms with E-state index in [1.54, 1.807) is 12.1 Å². The predicted molar refractivity (Wildman–Crippen MR) is 60.3 cm³/mol. The molecule has 0 aromatic heterocycles. The summed E-state index contributed by atoms with van der Waals surface area (Å²) in [6, 6.07) is 3.29. The van der Waals surface area contributed by atoms with Crippen LogP contribution < -0.4 is 15.2 Å². The van der Waals surface area contributed by atoms with E-state index in [0.717, 1.165) is 0 Å². The average Bonchev–Trinajstić information content (AvgIpc) is 2.23. The molecule has 0 bridgehead atoms. The van der Waals surface area contributed by atoms with Crippen molar-refractivity contribution in [1.29, 1.82) is 0 Å². The van der Waals surface area contributed by atoms with Crippen LogP contribution in [-0.4, -0.2) is 14.2 Å². The summed E-state index contributed by atoms with van der Waals surface area (Å²) in [4.78, 5) is 0. The summed E-state index contributed by atoms with van der Waals surface area (Å²) in [6.45, 7) is 4.00. The van der Waals surface area contributed by atoms with Crippen LogP contribution in [-0.2, 0) is 0 Å². The fraction of sp³-hybridized carbons (Fsp3) is 0.400. The van der Waals surface area contributed by atoms with E-state index in [1.807, 2.05) is 13.8 Å². The molecule has 0 aliphatic carbocycles. The summed E-state index contributed by atoms with van der Waals surface area (Å²) >= 11 is 5.88. The van der Waals surface area contributed by atoms with Crippen LogP contribution in [0.25, 0.3) is 0 Å². The second kappa shape index (κ2) is 6.38. The van der Waals surface area contributed by atoms with Crippen LogP contribution in [0.1, 0.15) is 13.8 Å². The number of methoxy groups -OCH3 is 2. The Labute approximate surface area is 89.8 Å². The quantitative estimate of drug-likeness (QED) is 0.775. The number of benzene rings is 1. The second-order valence-corrected chi connectivity index (χ2v) is 2.62. The lowest BCUT2D eigenvalue weighted by atomic mass is 10.3. The van der Waals surface area contributed by atoms with Gasteiger partial charge in [-0.1, -0.05) is 25.4 Å². The highest BCUT2D eigenvalue weighted by atomic mass is 35.5. The van der Waals surface area contributed by atoms with Crippen LogP contribution in [0, 0.1) is 0 Å². The summed E-state index contributed by atoms with van der Waals surface area (Å²) in [5, 5.41) is 0.439. The van der Waals surface area contributed by atoms with Gasteiger partial charge in [0.2, 0.25) is 0 Å². The molecule has 0 saturated carbocycles. The Kier molecular flexibility index (Phi) is 5.88. The average molecular weight is 218 g/mol. The van der Waals surface area contributed by atoms with E-state index < -0.39 is 0 Å². The Hall–Kier alpha value is -1.09. The molecular formula is C10H16ClNO2. The van der Waals surface area contributed by atoms with Gasteiger partial charge in [-0.2, -0.15) is 0 Å². The third-order valence-electron chi connectivity index (χ3n) is 1.47. The Morgan fingerprint density at radius 1 is 1.07 bits per heavy atom. The maximum absolute atomic E-state index is 5.88. The first-order chi connectivity index (χ1) is 6.69. The minimum atomic E-state index is 0.439. The maximum atomic E-state index is 5.88. The highest BCUT2D eigenvalue weighted by Crippen LogP contribution is 2.35. The highest BCUT2D eigenvalue weighted by Gasteiger charge is 2.07. The monoisotopic (exact) mass is 217 g/mol. The van der Waals surface area contributed by atoms with E-state index in [4.69, 9.17) is 26.8 Å². The zero-order chi connectivity index (χ0) is 11.1. The molecule has 0 spiro atoms. The standard InChI is InChI=1S/C8H10ClNO2.C2H6/c1-11-6-3-5(10)4-7(12-2)8(6)9;1-2/h3-4H,10H2,1-2H3;1-2H3. The van der Waals surface area contributed by atoms with Gasteiger partial charge < -0.3 is 15.2 Å². The molecule has 2 N–H and O–H groups in total. The lowest BCUT2D eigenvalue weighted by Gasteiger charge is -2.08. The fourth-order valence-electron chi connectivity index (χ4n) is 0.890. The van der Waals surface area contributed by atoms with Crippen molar-refractivity contribution in [2.24, 2.45) is 0 Å². The van der Waals surface area contributed by atoms with Gasteiger partial charge in [-0.3, -0.25) is 0 Å². The van der Waals surface area contributed by atoms with E-state index in [9.17, 15) is 0 Å². The van der Waals surface area contributed by atoms with Gasteiger partial charge in [0.05, 0.1) is 14.2 Å². The van der Waals surface area contributed by atoms with Crippen LogP contribution in [0.15, 0.2) is 12.1 Å². The minimum Gasteiger partial charge on any atom is -0.495 e. The molecule has 14 heavy (non-hydrogen) atoms. The number of nitrogen functional groups attached to an aromatic ring is 1. The fourth-order valence-corrected chi connectivity index (χ4v) is 1.15. The normalized spacial score (nSPS) is 8.64. The molecular weight excluding hydrogens is 202 g/mol. The maximum Gasteiger partial charge on any atom is 0.143 e. The lowest BCUT2D eigenvalue weighted by Crippen LogP contribution is -1.92. The summed E-state index contributed by atoms with van der Waals surface area (Å²) in [5.74, 6) is 1.04. The zero-order valence-corrected chi connectivity index (χ0v) is 9.68. The molecule has 0 unspecified atom stereocenters. The molecule has 0 fully saturated rings. The number of hydrogen-bond donors (Lipinski definition) is 1. The predicted octanol–water partition coefficient (Wildman–Crippen LogP) is 2.97. The first-order valence-corrected chi connectivity index (χ1v) is 4.74. The van der Waals surface area contributed by atoms with Gasteiger partial charge in [-0.25, -0.2) is 0 Å². The molecule has 0 radical (unpaired) electrons. The molecule has 1 aromatic rings. The Bertz CT molecular complexity index is 264. The second-order valence-electron chi connectivity index (χ2n) is 2.24. The number of anilines is 1. The van der Waals surface area contributed by atoms with Crippen LogP contribution in [0.5, 0.6) is 11.5 Å². The number of nitrogens with two attached hydrogens (primary N) is 1. The van der Waals surface area contributed by atoms with E-state index >= 15 is 0 Å². The molecule has 0 heterocycles. The number of hydrogen-bond acceptors (Lipinski definition) is 3.